The number of carbonyl (C=O) groups is 2. The molecule has 2 amide bonds. The van der Waals surface area contributed by atoms with E-state index in [0.29, 0.717) is 46.4 Å². The summed E-state index contributed by atoms with van der Waals surface area (Å²) in [5.41, 5.74) is 0.724. The van der Waals surface area contributed by atoms with Gasteiger partial charge in [-0.3, -0.25) is 9.59 Å². The molecule has 162 valence electrons. The second kappa shape index (κ2) is 9.29. The summed E-state index contributed by atoms with van der Waals surface area (Å²) in [5.74, 6) is 1.26. The van der Waals surface area contributed by atoms with E-state index in [4.69, 9.17) is 14.2 Å². The lowest BCUT2D eigenvalue weighted by molar-refractivity contribution is -0.128. The third-order valence-electron chi connectivity index (χ3n) is 4.74. The summed E-state index contributed by atoms with van der Waals surface area (Å²) in [5, 5.41) is 12.0. The molecule has 30 heavy (non-hydrogen) atoms. The summed E-state index contributed by atoms with van der Waals surface area (Å²) in [6.45, 7) is 5.19. The third-order valence-corrected chi connectivity index (χ3v) is 5.63. The van der Waals surface area contributed by atoms with E-state index in [1.54, 1.807) is 17.0 Å². The summed E-state index contributed by atoms with van der Waals surface area (Å²) < 4.78 is 16.1. The summed E-state index contributed by atoms with van der Waals surface area (Å²) >= 11 is 1.23. The number of benzene rings is 1. The van der Waals surface area contributed by atoms with Crippen LogP contribution in [-0.4, -0.2) is 61.3 Å². The predicted octanol–water partition coefficient (Wildman–Crippen LogP) is 2.67. The smallest absolute Gasteiger partial charge is 0.231 e. The van der Waals surface area contributed by atoms with Crippen molar-refractivity contribution < 1.29 is 23.8 Å². The number of carbonyl (C=O) groups excluding carboxylic acids is 2. The molecular formula is C20H26N4O5S. The highest BCUT2D eigenvalue weighted by Crippen LogP contribution is 2.42. The Morgan fingerprint density at radius 2 is 1.87 bits per heavy atom. The van der Waals surface area contributed by atoms with Crippen molar-refractivity contribution in [3.05, 3.63) is 12.1 Å². The Bertz CT molecular complexity index is 905. The van der Waals surface area contributed by atoms with Crippen LogP contribution in [0, 0.1) is 11.8 Å². The van der Waals surface area contributed by atoms with Crippen molar-refractivity contribution in [2.24, 2.45) is 11.8 Å². The van der Waals surface area contributed by atoms with E-state index in [-0.39, 0.29) is 24.2 Å². The molecule has 9 nitrogen and oxygen atoms in total. The molecule has 0 radical (unpaired) electrons. The van der Waals surface area contributed by atoms with Gasteiger partial charge in [-0.2, -0.15) is 0 Å². The second-order valence-electron chi connectivity index (χ2n) is 7.41. The zero-order valence-electron chi connectivity index (χ0n) is 17.7. The van der Waals surface area contributed by atoms with Gasteiger partial charge in [0, 0.05) is 25.1 Å². The predicted molar refractivity (Wildman–Crippen MR) is 113 cm³/mol. The molecule has 0 saturated carbocycles. The van der Waals surface area contributed by atoms with Crippen LogP contribution in [0.15, 0.2) is 12.1 Å². The molecule has 2 aromatic rings. The number of amides is 2. The van der Waals surface area contributed by atoms with Gasteiger partial charge in [0.2, 0.25) is 22.7 Å². The molecular weight excluding hydrogens is 408 g/mol. The van der Waals surface area contributed by atoms with Gasteiger partial charge >= 0.3 is 0 Å². The molecule has 1 atom stereocenters. The van der Waals surface area contributed by atoms with E-state index >= 15 is 0 Å². The van der Waals surface area contributed by atoms with Gasteiger partial charge < -0.3 is 24.4 Å². The van der Waals surface area contributed by atoms with Crippen LogP contribution in [0.2, 0.25) is 0 Å². The van der Waals surface area contributed by atoms with Gasteiger partial charge in [0.05, 0.1) is 27.2 Å². The van der Waals surface area contributed by atoms with Gasteiger partial charge in [0.1, 0.15) is 5.01 Å². The Morgan fingerprint density at radius 1 is 1.20 bits per heavy atom. The SMILES string of the molecule is COc1cc(-c2nnc(NC(=O)[C@@H]3CC(=O)N(CC(C)C)C3)s2)cc(OC)c1OC. The van der Waals surface area contributed by atoms with E-state index < -0.39 is 0 Å². The van der Waals surface area contributed by atoms with Crippen LogP contribution in [0.25, 0.3) is 10.6 Å². The highest BCUT2D eigenvalue weighted by molar-refractivity contribution is 7.18. The van der Waals surface area contributed by atoms with Crippen LogP contribution < -0.4 is 19.5 Å². The standard InChI is InChI=1S/C20H26N4O5S/c1-11(2)9-24-10-13(8-16(24)25)18(26)21-20-23-22-19(30-20)12-6-14(27-3)17(29-5)15(7-12)28-4/h6-7,11,13H,8-10H2,1-5H3,(H,21,23,26)/t13-/m1/s1. The van der Waals surface area contributed by atoms with Crippen molar-refractivity contribution in [3.8, 4) is 27.8 Å². The monoisotopic (exact) mass is 434 g/mol. The maximum absolute atomic E-state index is 12.6. The Hall–Kier alpha value is -2.88. The number of ether oxygens (including phenoxy) is 3. The van der Waals surface area contributed by atoms with Crippen molar-refractivity contribution in [3.63, 3.8) is 0 Å². The molecule has 3 rings (SSSR count). The van der Waals surface area contributed by atoms with Crippen LogP contribution >= 0.6 is 11.3 Å². The number of nitrogens with one attached hydrogen (secondary N) is 1. The van der Waals surface area contributed by atoms with E-state index in [9.17, 15) is 9.59 Å². The lowest BCUT2D eigenvalue weighted by Gasteiger charge is -2.18. The quantitative estimate of drug-likeness (QED) is 0.681. The molecule has 0 unspecified atom stereocenters. The maximum Gasteiger partial charge on any atom is 0.231 e. The number of anilines is 1. The number of methoxy groups -OCH3 is 3. The zero-order chi connectivity index (χ0) is 21.8. The van der Waals surface area contributed by atoms with E-state index in [1.807, 2.05) is 13.8 Å². The van der Waals surface area contributed by atoms with Crippen molar-refractivity contribution in [1.82, 2.24) is 15.1 Å². The van der Waals surface area contributed by atoms with E-state index in [0.717, 1.165) is 5.56 Å². The number of nitrogens with zero attached hydrogens (tertiary/aromatic N) is 3. The summed E-state index contributed by atoms with van der Waals surface area (Å²) in [6, 6.07) is 3.54. The molecule has 1 aliphatic rings. The van der Waals surface area contributed by atoms with E-state index in [1.165, 1.54) is 32.7 Å². The fraction of sp³-hybridized carbons (Fsp3) is 0.500. The highest BCUT2D eigenvalue weighted by atomic mass is 32.1. The molecule has 1 aromatic carbocycles. The van der Waals surface area contributed by atoms with Gasteiger partial charge in [0.25, 0.3) is 0 Å². The second-order valence-corrected chi connectivity index (χ2v) is 8.39. The van der Waals surface area contributed by atoms with Crippen molar-refractivity contribution >= 4 is 28.3 Å². The molecule has 1 aromatic heterocycles. The largest absolute Gasteiger partial charge is 0.493 e. The normalized spacial score (nSPS) is 16.1. The Labute approximate surface area is 179 Å². The molecule has 2 heterocycles. The Balaban J connectivity index is 1.73. The fourth-order valence-electron chi connectivity index (χ4n) is 3.37. The van der Waals surface area contributed by atoms with Crippen LogP contribution in [0.5, 0.6) is 17.2 Å². The molecule has 0 spiro atoms. The van der Waals surface area contributed by atoms with E-state index in [2.05, 4.69) is 15.5 Å². The lowest BCUT2D eigenvalue weighted by atomic mass is 10.1. The van der Waals surface area contributed by atoms with Crippen LogP contribution in [0.3, 0.4) is 0 Å². The molecule has 1 aliphatic heterocycles. The van der Waals surface area contributed by atoms with Crippen LogP contribution in [0.4, 0.5) is 5.13 Å². The number of likely N-dealkylation sites (tertiary alicyclic amines) is 1. The Kier molecular flexibility index (Phi) is 6.76. The van der Waals surface area contributed by atoms with Crippen molar-refractivity contribution in [2.75, 3.05) is 39.7 Å². The summed E-state index contributed by atoms with van der Waals surface area (Å²) in [7, 11) is 4.62. The lowest BCUT2D eigenvalue weighted by Crippen LogP contribution is -2.31. The van der Waals surface area contributed by atoms with Gasteiger partial charge in [-0.15, -0.1) is 10.2 Å². The first-order valence-corrected chi connectivity index (χ1v) is 10.4. The van der Waals surface area contributed by atoms with Gasteiger partial charge in [0.15, 0.2) is 11.5 Å². The maximum atomic E-state index is 12.6. The summed E-state index contributed by atoms with van der Waals surface area (Å²) in [4.78, 5) is 26.5. The first kappa shape index (κ1) is 21.8. The zero-order valence-corrected chi connectivity index (χ0v) is 18.5. The molecule has 1 saturated heterocycles. The minimum atomic E-state index is -0.384. The first-order chi connectivity index (χ1) is 14.4. The molecule has 1 N–H and O–H groups in total. The van der Waals surface area contributed by atoms with Crippen molar-refractivity contribution in [2.45, 2.75) is 20.3 Å². The number of hydrogen-bond donors (Lipinski definition) is 1. The molecule has 10 heteroatoms. The number of rotatable bonds is 8. The number of aromatic nitrogens is 2. The summed E-state index contributed by atoms with van der Waals surface area (Å²) in [6.07, 6.45) is 0.219. The number of hydrogen-bond acceptors (Lipinski definition) is 8. The average Bonchev–Trinajstić information content (AvgIpc) is 3.33. The van der Waals surface area contributed by atoms with Crippen molar-refractivity contribution in [1.29, 1.82) is 0 Å². The highest BCUT2D eigenvalue weighted by Gasteiger charge is 2.34. The first-order valence-electron chi connectivity index (χ1n) is 9.58. The van der Waals surface area contributed by atoms with Crippen LogP contribution in [0.1, 0.15) is 20.3 Å². The topological polar surface area (TPSA) is 103 Å². The average molecular weight is 435 g/mol. The molecule has 1 fully saturated rings. The van der Waals surface area contributed by atoms with Gasteiger partial charge in [-0.25, -0.2) is 0 Å². The van der Waals surface area contributed by atoms with Gasteiger partial charge in [-0.1, -0.05) is 25.2 Å². The van der Waals surface area contributed by atoms with Gasteiger partial charge in [-0.05, 0) is 18.1 Å². The minimum absolute atomic E-state index is 0.0132. The van der Waals surface area contributed by atoms with Crippen LogP contribution in [-0.2, 0) is 9.59 Å². The molecule has 0 bridgehead atoms. The third kappa shape index (κ3) is 4.64. The Morgan fingerprint density at radius 3 is 2.43 bits per heavy atom. The minimum Gasteiger partial charge on any atom is -0.493 e. The fourth-order valence-corrected chi connectivity index (χ4v) is 4.10. The molecule has 0 aliphatic carbocycles.